The highest BCUT2D eigenvalue weighted by atomic mass is 32.2. The Bertz CT molecular complexity index is 1350. The van der Waals surface area contributed by atoms with Crippen LogP contribution in [-0.4, -0.2) is 59.6 Å². The lowest BCUT2D eigenvalue weighted by atomic mass is 9.86. The minimum Gasteiger partial charge on any atom is -0.492 e. The third-order valence-electron chi connectivity index (χ3n) is 7.36. The first kappa shape index (κ1) is 34.2. The number of likely N-dealkylation sites (tertiary alicyclic amines) is 1. The molecule has 0 spiro atoms. The summed E-state index contributed by atoms with van der Waals surface area (Å²) in [6, 6.07) is 5.79. The molecule has 2 aromatic rings. The standard InChI is InChI=1S/C32H49N5O5S/c1-12-26(41-22-13-15-36(16-14-22)30(39)42-32(6,7)8)27-20(2)17-25(35(27)9)29(38)34-23-18-21(31(3,4)5)19-24(28(23)40-10)37(33)43-11/h12,17-19,22H,13-16,33H2,1-11H3,(H,34,38)/b26-12+. The molecular weight excluding hydrogens is 566 g/mol. The van der Waals surface area contributed by atoms with E-state index >= 15 is 0 Å². The summed E-state index contributed by atoms with van der Waals surface area (Å²) >= 11 is 1.35. The van der Waals surface area contributed by atoms with Crippen molar-refractivity contribution in [3.8, 4) is 5.75 Å². The van der Waals surface area contributed by atoms with Gasteiger partial charge < -0.3 is 29.0 Å². The van der Waals surface area contributed by atoms with Crippen LogP contribution in [0.3, 0.4) is 0 Å². The van der Waals surface area contributed by atoms with Gasteiger partial charge in [-0.15, -0.1) is 0 Å². The Labute approximate surface area is 261 Å². The van der Waals surface area contributed by atoms with E-state index in [4.69, 9.17) is 20.1 Å². The Hall–Kier alpha value is -3.31. The molecule has 43 heavy (non-hydrogen) atoms. The maximum absolute atomic E-state index is 13.7. The normalized spacial score (nSPS) is 14.9. The number of piperidine rings is 1. The molecule has 238 valence electrons. The number of methoxy groups -OCH3 is 1. The van der Waals surface area contributed by atoms with Crippen molar-refractivity contribution in [2.24, 2.45) is 12.9 Å². The van der Waals surface area contributed by atoms with Gasteiger partial charge in [0, 0.05) is 39.2 Å². The number of aromatic nitrogens is 1. The first-order chi connectivity index (χ1) is 20.0. The number of benzene rings is 1. The van der Waals surface area contributed by atoms with Crippen LogP contribution in [0.1, 0.15) is 88.6 Å². The summed E-state index contributed by atoms with van der Waals surface area (Å²) in [5.41, 5.74) is 3.73. The van der Waals surface area contributed by atoms with Gasteiger partial charge in [0.2, 0.25) is 0 Å². The number of anilines is 2. The fourth-order valence-electron chi connectivity index (χ4n) is 5.06. The van der Waals surface area contributed by atoms with Gasteiger partial charge in [0.1, 0.15) is 28.8 Å². The van der Waals surface area contributed by atoms with Crippen molar-refractivity contribution >= 4 is 41.1 Å². The maximum Gasteiger partial charge on any atom is 0.410 e. The predicted molar refractivity (Wildman–Crippen MR) is 176 cm³/mol. The van der Waals surface area contributed by atoms with E-state index in [1.165, 1.54) is 16.4 Å². The van der Waals surface area contributed by atoms with Crippen molar-refractivity contribution in [1.29, 1.82) is 0 Å². The van der Waals surface area contributed by atoms with Crippen LogP contribution in [0.2, 0.25) is 0 Å². The molecule has 1 saturated heterocycles. The van der Waals surface area contributed by atoms with Crippen LogP contribution in [0.5, 0.6) is 5.75 Å². The minimum atomic E-state index is -0.529. The van der Waals surface area contributed by atoms with Gasteiger partial charge in [-0.3, -0.25) is 4.79 Å². The number of hydrogen-bond donors (Lipinski definition) is 2. The summed E-state index contributed by atoms with van der Waals surface area (Å²) in [5, 5.41) is 3.07. The molecule has 3 rings (SSSR count). The maximum atomic E-state index is 13.7. The third-order valence-corrected chi connectivity index (χ3v) is 7.95. The molecule has 0 atom stereocenters. The minimum absolute atomic E-state index is 0.0603. The molecule has 1 aliphatic rings. The van der Waals surface area contributed by atoms with Gasteiger partial charge in [0.25, 0.3) is 5.91 Å². The van der Waals surface area contributed by atoms with Gasteiger partial charge in [0.05, 0.1) is 18.5 Å². The van der Waals surface area contributed by atoms with Crippen LogP contribution in [0, 0.1) is 6.92 Å². The van der Waals surface area contributed by atoms with E-state index in [0.29, 0.717) is 54.5 Å². The molecule has 0 aliphatic carbocycles. The van der Waals surface area contributed by atoms with Gasteiger partial charge in [0.15, 0.2) is 5.75 Å². The van der Waals surface area contributed by atoms with Crippen molar-refractivity contribution in [3.63, 3.8) is 0 Å². The summed E-state index contributed by atoms with van der Waals surface area (Å²) in [6.45, 7) is 16.9. The molecule has 1 aliphatic heterocycles. The Morgan fingerprint density at radius 2 is 1.74 bits per heavy atom. The molecule has 2 heterocycles. The van der Waals surface area contributed by atoms with E-state index in [9.17, 15) is 9.59 Å². The van der Waals surface area contributed by atoms with Crippen LogP contribution >= 0.6 is 11.9 Å². The summed E-state index contributed by atoms with van der Waals surface area (Å²) in [6.07, 6.45) is 4.82. The van der Waals surface area contributed by atoms with Crippen LogP contribution in [0.25, 0.3) is 5.76 Å². The first-order valence-electron chi connectivity index (χ1n) is 14.6. The van der Waals surface area contributed by atoms with Gasteiger partial charge in [-0.2, -0.15) is 0 Å². The zero-order valence-electron chi connectivity index (χ0n) is 27.6. The SMILES string of the molecule is C/C=C(/OC1CCN(C(=O)OC(C)(C)C)CC1)c1c(C)cc(C(=O)Nc2cc(C(C)(C)C)cc(N(N)SC)c2OC)n1C. The lowest BCUT2D eigenvalue weighted by molar-refractivity contribution is 0.00985. The highest BCUT2D eigenvalue weighted by molar-refractivity contribution is 7.99. The quantitative estimate of drug-likeness (QED) is 0.147. The highest BCUT2D eigenvalue weighted by Gasteiger charge is 2.30. The molecule has 0 bridgehead atoms. The number of ether oxygens (including phenoxy) is 3. The molecule has 2 amide bonds. The number of nitrogens with one attached hydrogen (secondary N) is 1. The summed E-state index contributed by atoms with van der Waals surface area (Å²) in [7, 11) is 3.43. The van der Waals surface area contributed by atoms with Crippen LogP contribution in [-0.2, 0) is 21.9 Å². The van der Waals surface area contributed by atoms with Crippen LogP contribution < -0.4 is 20.3 Å². The van der Waals surface area contributed by atoms with Gasteiger partial charge in [-0.25, -0.2) is 15.1 Å². The second-order valence-electron chi connectivity index (χ2n) is 12.8. The lowest BCUT2D eigenvalue weighted by Crippen LogP contribution is -2.43. The molecule has 1 aromatic carbocycles. The lowest BCUT2D eigenvalue weighted by Gasteiger charge is -2.34. The van der Waals surface area contributed by atoms with E-state index in [1.54, 1.807) is 12.0 Å². The average molecular weight is 616 g/mol. The number of hydrogen-bond acceptors (Lipinski definition) is 8. The van der Waals surface area contributed by atoms with Gasteiger partial charge >= 0.3 is 6.09 Å². The van der Waals surface area contributed by atoms with Crippen molar-refractivity contribution in [2.45, 2.75) is 85.4 Å². The number of nitrogens with zero attached hydrogens (tertiary/aromatic N) is 3. The van der Waals surface area contributed by atoms with Crippen molar-refractivity contribution in [1.82, 2.24) is 9.47 Å². The number of aryl methyl sites for hydroxylation is 1. The van der Waals surface area contributed by atoms with E-state index in [0.717, 1.165) is 16.8 Å². The van der Waals surface area contributed by atoms with E-state index in [-0.39, 0.29) is 23.5 Å². The zero-order chi connectivity index (χ0) is 32.3. The molecule has 11 heteroatoms. The van der Waals surface area contributed by atoms with E-state index in [2.05, 4.69) is 26.1 Å². The largest absolute Gasteiger partial charge is 0.492 e. The molecule has 0 saturated carbocycles. The summed E-state index contributed by atoms with van der Waals surface area (Å²) < 4.78 is 21.1. The first-order valence-corrected chi connectivity index (χ1v) is 15.8. The molecule has 3 N–H and O–H groups in total. The Morgan fingerprint density at radius 3 is 2.26 bits per heavy atom. The number of carbonyl (C=O) groups excluding carboxylic acids is 2. The second kappa shape index (κ2) is 13.5. The number of carbonyl (C=O) groups is 2. The molecule has 0 unspecified atom stereocenters. The fraction of sp³-hybridized carbons (Fsp3) is 0.562. The number of hydrazine groups is 1. The predicted octanol–water partition coefficient (Wildman–Crippen LogP) is 6.63. The van der Waals surface area contributed by atoms with Crippen molar-refractivity contribution in [2.75, 3.05) is 36.2 Å². The van der Waals surface area contributed by atoms with Crippen LogP contribution in [0.15, 0.2) is 24.3 Å². The Kier molecular flexibility index (Phi) is 10.8. The molecule has 1 aromatic heterocycles. The molecular formula is C32H49N5O5S. The summed E-state index contributed by atoms with van der Waals surface area (Å²) in [5.74, 6) is 7.17. The Balaban J connectivity index is 1.83. The van der Waals surface area contributed by atoms with Crippen molar-refractivity contribution < 1.29 is 23.8 Å². The molecule has 10 nitrogen and oxygen atoms in total. The highest BCUT2D eigenvalue weighted by Crippen LogP contribution is 2.41. The number of allylic oxidation sites excluding steroid dienone is 1. The monoisotopic (exact) mass is 615 g/mol. The van der Waals surface area contributed by atoms with Gasteiger partial charge in [-0.05, 0) is 87.4 Å². The average Bonchev–Trinajstić information content (AvgIpc) is 3.23. The smallest absolute Gasteiger partial charge is 0.410 e. The number of nitrogens with two attached hydrogens (primary N) is 1. The molecule has 1 fully saturated rings. The van der Waals surface area contributed by atoms with Crippen molar-refractivity contribution in [3.05, 3.63) is 46.8 Å². The fourth-order valence-corrected chi connectivity index (χ4v) is 5.39. The van der Waals surface area contributed by atoms with Gasteiger partial charge in [-0.1, -0.05) is 20.8 Å². The summed E-state index contributed by atoms with van der Waals surface area (Å²) in [4.78, 5) is 27.9. The molecule has 0 radical (unpaired) electrons. The second-order valence-corrected chi connectivity index (χ2v) is 13.6. The third kappa shape index (κ3) is 8.20. The topological polar surface area (TPSA) is 111 Å². The van der Waals surface area contributed by atoms with E-state index in [1.807, 2.05) is 76.8 Å². The van der Waals surface area contributed by atoms with E-state index < -0.39 is 5.60 Å². The Morgan fingerprint density at radius 1 is 1.12 bits per heavy atom. The number of rotatable bonds is 8. The van der Waals surface area contributed by atoms with Crippen LogP contribution in [0.4, 0.5) is 16.2 Å². The zero-order valence-corrected chi connectivity index (χ0v) is 28.4. The number of amides is 2.